The van der Waals surface area contributed by atoms with Gasteiger partial charge in [0.25, 0.3) is 10.0 Å². The molecule has 0 saturated carbocycles. The van der Waals surface area contributed by atoms with Gasteiger partial charge in [0.1, 0.15) is 0 Å². The van der Waals surface area contributed by atoms with Gasteiger partial charge in [-0.3, -0.25) is 4.99 Å². The van der Waals surface area contributed by atoms with Crippen LogP contribution in [0.25, 0.3) is 0 Å². The molecule has 0 aliphatic carbocycles. The molecular weight excluding hydrogens is 350 g/mol. The first-order valence-electron chi connectivity index (χ1n) is 9.15. The molecule has 9 heteroatoms. The fraction of sp³-hybridized carbons (Fsp3) is 0.938. The summed E-state index contributed by atoms with van der Waals surface area (Å²) < 4.78 is 49.1. The average Bonchev–Trinajstić information content (AvgIpc) is 2.59. The number of halogens is 2. The fourth-order valence-corrected chi connectivity index (χ4v) is 4.43. The first kappa shape index (κ1) is 20.4. The van der Waals surface area contributed by atoms with Crippen molar-refractivity contribution >= 4 is 16.0 Å². The van der Waals surface area contributed by atoms with Gasteiger partial charge in [-0.15, -0.1) is 0 Å². The molecule has 0 aromatic heterocycles. The average molecular weight is 381 g/mol. The highest BCUT2D eigenvalue weighted by Gasteiger charge is 2.34. The Balaban J connectivity index is 1.89. The lowest BCUT2D eigenvalue weighted by molar-refractivity contribution is 0.204. The summed E-state index contributed by atoms with van der Waals surface area (Å²) in [5.74, 6) is -1.53. The van der Waals surface area contributed by atoms with Gasteiger partial charge in [-0.25, -0.2) is 8.42 Å². The van der Waals surface area contributed by atoms with E-state index in [9.17, 15) is 17.2 Å². The molecule has 0 spiro atoms. The van der Waals surface area contributed by atoms with Crippen LogP contribution < -0.4 is 5.32 Å². The summed E-state index contributed by atoms with van der Waals surface area (Å²) in [5.41, 5.74) is 0. The zero-order chi connectivity index (χ0) is 18.4. The van der Waals surface area contributed by atoms with E-state index in [1.165, 1.54) is 6.42 Å². The Kier molecular flexibility index (Phi) is 7.42. The maximum absolute atomic E-state index is 12.6. The second-order valence-corrected chi connectivity index (χ2v) is 8.94. The number of sulfonamides is 1. The normalized spacial score (nSPS) is 24.8. The zero-order valence-electron chi connectivity index (χ0n) is 15.1. The number of aliphatic imine (C=N–C) groups is 1. The molecule has 0 bridgehead atoms. The minimum absolute atomic E-state index is 0.157. The van der Waals surface area contributed by atoms with E-state index in [2.05, 4.69) is 17.1 Å². The number of nitrogens with one attached hydrogen (secondary N) is 1. The highest BCUT2D eigenvalue weighted by molar-refractivity contribution is 7.89. The third-order valence-corrected chi connectivity index (χ3v) is 6.48. The third kappa shape index (κ3) is 5.51. The minimum atomic E-state index is -4.44. The molecule has 0 aromatic rings. The van der Waals surface area contributed by atoms with Crippen molar-refractivity contribution < 1.29 is 17.2 Å². The quantitative estimate of drug-likeness (QED) is 0.585. The molecule has 0 aromatic carbocycles. The first-order valence-corrected chi connectivity index (χ1v) is 10.6. The topological polar surface area (TPSA) is 65.0 Å². The predicted octanol–water partition coefficient (Wildman–Crippen LogP) is 1.95. The lowest BCUT2D eigenvalue weighted by atomic mass is 9.98. The van der Waals surface area contributed by atoms with Crippen LogP contribution in [0, 0.1) is 11.8 Å². The molecule has 146 valence electrons. The summed E-state index contributed by atoms with van der Waals surface area (Å²) in [6, 6.07) is 0. The Hall–Kier alpha value is -0.960. The van der Waals surface area contributed by atoms with Crippen LogP contribution >= 0.6 is 0 Å². The van der Waals surface area contributed by atoms with Crippen LogP contribution in [0.2, 0.25) is 0 Å². The van der Waals surface area contributed by atoms with E-state index >= 15 is 0 Å². The SMILES string of the molecule is CCNC(=NCC1CCN(S(=O)(=O)C(F)F)CC1)N1CCCC(C)C1. The van der Waals surface area contributed by atoms with Gasteiger partial charge in [-0.2, -0.15) is 13.1 Å². The molecule has 2 aliphatic rings. The van der Waals surface area contributed by atoms with Crippen LogP contribution in [0.4, 0.5) is 8.78 Å². The molecule has 6 nitrogen and oxygen atoms in total. The van der Waals surface area contributed by atoms with Crippen LogP contribution in [0.3, 0.4) is 0 Å². The van der Waals surface area contributed by atoms with Gasteiger partial charge in [0.05, 0.1) is 0 Å². The molecule has 2 aliphatic heterocycles. The molecule has 2 rings (SSSR count). The summed E-state index contributed by atoms with van der Waals surface area (Å²) in [5, 5.41) is 3.33. The molecule has 1 atom stereocenters. The van der Waals surface area contributed by atoms with Crippen molar-refractivity contribution in [2.24, 2.45) is 16.8 Å². The largest absolute Gasteiger partial charge is 0.357 e. The van der Waals surface area contributed by atoms with Gasteiger partial charge >= 0.3 is 5.76 Å². The van der Waals surface area contributed by atoms with Gasteiger partial charge in [-0.05, 0) is 44.4 Å². The Morgan fingerprint density at radius 2 is 1.92 bits per heavy atom. The molecule has 0 radical (unpaired) electrons. The predicted molar refractivity (Wildman–Crippen MR) is 95.2 cm³/mol. The van der Waals surface area contributed by atoms with E-state index in [4.69, 9.17) is 4.99 Å². The van der Waals surface area contributed by atoms with Gasteiger partial charge in [-0.1, -0.05) is 6.92 Å². The van der Waals surface area contributed by atoms with Crippen molar-refractivity contribution in [1.29, 1.82) is 0 Å². The number of rotatable bonds is 5. The number of piperidine rings is 2. The van der Waals surface area contributed by atoms with Crippen molar-refractivity contribution in [2.45, 2.75) is 45.3 Å². The van der Waals surface area contributed by atoms with Crippen LogP contribution in [-0.2, 0) is 10.0 Å². The maximum Gasteiger partial charge on any atom is 0.350 e. The van der Waals surface area contributed by atoms with Crippen molar-refractivity contribution in [2.75, 3.05) is 39.3 Å². The van der Waals surface area contributed by atoms with Gasteiger partial charge < -0.3 is 10.2 Å². The van der Waals surface area contributed by atoms with E-state index in [1.54, 1.807) is 0 Å². The third-order valence-electron chi connectivity index (χ3n) is 4.95. The molecule has 1 N–H and O–H groups in total. The number of hydrogen-bond donors (Lipinski definition) is 1. The zero-order valence-corrected chi connectivity index (χ0v) is 15.9. The molecule has 1 unspecified atom stereocenters. The number of nitrogens with zero attached hydrogens (tertiary/aromatic N) is 3. The van der Waals surface area contributed by atoms with Crippen LogP contribution in [0.5, 0.6) is 0 Å². The van der Waals surface area contributed by atoms with E-state index < -0.39 is 15.8 Å². The fourth-order valence-electron chi connectivity index (χ4n) is 3.48. The Morgan fingerprint density at radius 3 is 2.48 bits per heavy atom. The van der Waals surface area contributed by atoms with Crippen molar-refractivity contribution in [3.63, 3.8) is 0 Å². The summed E-state index contributed by atoms with van der Waals surface area (Å²) in [6.07, 6.45) is 3.55. The van der Waals surface area contributed by atoms with Gasteiger partial charge in [0, 0.05) is 39.3 Å². The van der Waals surface area contributed by atoms with Crippen molar-refractivity contribution in [3.05, 3.63) is 0 Å². The second-order valence-electron chi connectivity index (χ2n) is 7.04. The highest BCUT2D eigenvalue weighted by Crippen LogP contribution is 2.23. The van der Waals surface area contributed by atoms with E-state index in [0.717, 1.165) is 36.3 Å². The van der Waals surface area contributed by atoms with E-state index in [-0.39, 0.29) is 19.0 Å². The van der Waals surface area contributed by atoms with E-state index in [0.29, 0.717) is 25.3 Å². The van der Waals surface area contributed by atoms with Crippen LogP contribution in [0.1, 0.15) is 39.5 Å². The maximum atomic E-state index is 12.6. The summed E-state index contributed by atoms with van der Waals surface area (Å²) in [4.78, 5) is 7.02. The molecule has 2 saturated heterocycles. The van der Waals surface area contributed by atoms with Gasteiger partial charge in [0.2, 0.25) is 0 Å². The number of guanidine groups is 1. The molecular formula is C16H30F2N4O2S. The van der Waals surface area contributed by atoms with Crippen LogP contribution in [0.15, 0.2) is 4.99 Å². The summed E-state index contributed by atoms with van der Waals surface area (Å²) in [6.45, 7) is 8.00. The number of likely N-dealkylation sites (tertiary alicyclic amines) is 1. The first-order chi connectivity index (χ1) is 11.8. The Morgan fingerprint density at radius 1 is 1.24 bits per heavy atom. The number of hydrogen-bond acceptors (Lipinski definition) is 3. The summed E-state index contributed by atoms with van der Waals surface area (Å²) in [7, 11) is -4.44. The Labute approximate surface area is 149 Å². The lowest BCUT2D eigenvalue weighted by Gasteiger charge is -2.34. The highest BCUT2D eigenvalue weighted by atomic mass is 32.2. The second kappa shape index (κ2) is 9.12. The molecule has 2 fully saturated rings. The Bertz CT molecular complexity index is 548. The molecule has 2 heterocycles. The minimum Gasteiger partial charge on any atom is -0.357 e. The standard InChI is InChI=1S/C16H30F2N4O2S/c1-3-19-16(21-8-4-5-13(2)12-21)20-11-14-6-9-22(10-7-14)25(23,24)15(17)18/h13-15H,3-12H2,1-2H3,(H,19,20). The van der Waals surface area contributed by atoms with Crippen molar-refractivity contribution in [3.8, 4) is 0 Å². The monoisotopic (exact) mass is 380 g/mol. The smallest absolute Gasteiger partial charge is 0.350 e. The van der Waals surface area contributed by atoms with Crippen LogP contribution in [-0.4, -0.2) is 68.6 Å². The van der Waals surface area contributed by atoms with Crippen molar-refractivity contribution in [1.82, 2.24) is 14.5 Å². The molecule has 0 amide bonds. The summed E-state index contributed by atoms with van der Waals surface area (Å²) >= 11 is 0. The lowest BCUT2D eigenvalue weighted by Crippen LogP contribution is -2.46. The van der Waals surface area contributed by atoms with Gasteiger partial charge in [0.15, 0.2) is 5.96 Å². The van der Waals surface area contributed by atoms with E-state index in [1.807, 2.05) is 6.92 Å². The molecule has 25 heavy (non-hydrogen) atoms. The number of alkyl halides is 2.